The minimum absolute atomic E-state index is 0.0175. The molecule has 5 aromatic rings. The molecule has 0 atom stereocenters. The second-order valence-electron chi connectivity index (χ2n) is 17.6. The normalized spacial score (nSPS) is 17.7. The predicted molar refractivity (Wildman–Crippen MR) is 256 cm³/mol. The Morgan fingerprint density at radius 2 is 1.45 bits per heavy atom. The van der Waals surface area contributed by atoms with Crippen molar-refractivity contribution in [3.63, 3.8) is 0 Å². The maximum Gasteiger partial charge on any atom is 0.365 e. The lowest BCUT2D eigenvalue weighted by Crippen LogP contribution is -2.32. The Morgan fingerprint density at radius 3 is 2.03 bits per heavy atom. The van der Waals surface area contributed by atoms with Crippen molar-refractivity contribution in [3.8, 4) is 0 Å². The molecule has 1 fully saturated rings. The molecular weight excluding hydrogens is 1000 g/mol. The fourth-order valence-corrected chi connectivity index (χ4v) is 12.1. The van der Waals surface area contributed by atoms with Crippen molar-refractivity contribution < 1.29 is 77.3 Å². The summed E-state index contributed by atoms with van der Waals surface area (Å²) in [6.45, 7) is 12.1. The van der Waals surface area contributed by atoms with Crippen LogP contribution in [0.1, 0.15) is 81.6 Å². The van der Waals surface area contributed by atoms with E-state index in [-0.39, 0.29) is 34.1 Å². The first-order chi connectivity index (χ1) is 33.2. The summed E-state index contributed by atoms with van der Waals surface area (Å²) in [6, 6.07) is 14.0. The van der Waals surface area contributed by atoms with Crippen molar-refractivity contribution in [3.05, 3.63) is 119 Å². The molecule has 24 heteroatoms. The molecule has 4 aromatic carbocycles. The van der Waals surface area contributed by atoms with Gasteiger partial charge in [0, 0.05) is 75.9 Å². The zero-order valence-electron chi connectivity index (χ0n) is 38.6. The lowest BCUT2D eigenvalue weighted by molar-refractivity contribution is -0.777. The van der Waals surface area contributed by atoms with E-state index in [0.717, 1.165) is 17.8 Å². The molecule has 4 heterocycles. The van der Waals surface area contributed by atoms with Crippen LogP contribution in [-0.2, 0) is 65.0 Å². The molecule has 0 unspecified atom stereocenters. The van der Waals surface area contributed by atoms with Crippen LogP contribution in [0.4, 0.5) is 11.4 Å². The number of hydrogen-bond acceptors (Lipinski definition) is 16. The van der Waals surface area contributed by atoms with Gasteiger partial charge in [-0.25, -0.2) is 4.79 Å². The largest absolute Gasteiger partial charge is 0.691 e. The quantitative estimate of drug-likeness (QED) is 0.0209. The molecule has 1 aromatic heterocycles. The summed E-state index contributed by atoms with van der Waals surface area (Å²) in [5, 5.41) is 15.9. The van der Waals surface area contributed by atoms with Crippen LogP contribution in [0.5, 0.6) is 0 Å². The molecule has 20 nitrogen and oxygen atoms in total. The van der Waals surface area contributed by atoms with Gasteiger partial charge in [0.15, 0.2) is 5.71 Å². The molecule has 0 saturated carbocycles. The Hall–Kier alpha value is -6.19. The maximum atomic E-state index is 13.1. The van der Waals surface area contributed by atoms with Crippen LogP contribution in [0, 0.1) is 0 Å². The number of carbonyl (C=O) groups excluding carboxylic acids is 3. The Balaban J connectivity index is 1.29. The van der Waals surface area contributed by atoms with Gasteiger partial charge < -0.3 is 15.0 Å². The number of pyridine rings is 1. The molecule has 3 aliphatic heterocycles. The van der Waals surface area contributed by atoms with Crippen molar-refractivity contribution in [2.24, 2.45) is 0 Å². The summed E-state index contributed by atoms with van der Waals surface area (Å²) in [4.78, 5) is 47.4. The highest BCUT2D eigenvalue weighted by Crippen LogP contribution is 2.52. The molecule has 0 aliphatic carbocycles. The van der Waals surface area contributed by atoms with Gasteiger partial charge in [-0.3, -0.25) is 33.3 Å². The van der Waals surface area contributed by atoms with Crippen molar-refractivity contribution in [1.29, 1.82) is 0 Å². The van der Waals surface area contributed by atoms with Gasteiger partial charge in [0.25, 0.3) is 42.2 Å². The summed E-state index contributed by atoms with van der Waals surface area (Å²) in [5.41, 5.74) is 2.66. The Labute approximate surface area is 411 Å². The standard InChI is InChI=1S/C47H44N4O16S4/c1-7-49-35-15-12-30-32(21-28(69(56,57)58)23-37(30)68-67-66-55)43(35)46(3,4)39(49)17-10-26(34-14-9-27(25-48-34)45(54)65-51-41(52)19-20-42(51)53)11-18-40-47(5,6)44-33-22-29(70(59,60)61)24-38(71(62,63)64)31(33)13-16-36(44)50(40)8-2/h9-18,21-25H,7-8,19-20H2,1-6H3,(H3-,55,56,57,58,59,60,61,62,63,64). The van der Waals surface area contributed by atoms with Crippen LogP contribution >= 0.6 is 12.0 Å². The number of rotatable bonds is 14. The van der Waals surface area contributed by atoms with E-state index in [9.17, 15) is 58.6 Å². The fourth-order valence-electron chi connectivity index (χ4n) is 9.63. The highest BCUT2D eigenvalue weighted by molar-refractivity contribution is 7.94. The summed E-state index contributed by atoms with van der Waals surface area (Å²) >= 11 is 0.475. The van der Waals surface area contributed by atoms with Crippen LogP contribution in [0.2, 0.25) is 0 Å². The topological polar surface area (TPSA) is 287 Å². The molecule has 372 valence electrons. The SMILES string of the molecule is CCN1/C(=C/C=C(/C=C/C2=[N+](CC)c3ccc4c(SOO[O-])cc(S(=O)(=O)O)cc4c3C2(C)C)c2ccc(C(=O)ON3C(=O)CCC3=O)cn2)C(C)(C)c2c1ccc1c(S(=O)(=O)O)cc(S(=O)(=O)O)cc21. The smallest absolute Gasteiger partial charge is 0.365 e. The number of hydroxylamine groups is 2. The zero-order valence-corrected chi connectivity index (χ0v) is 41.8. The molecule has 0 spiro atoms. The van der Waals surface area contributed by atoms with Crippen LogP contribution in [0.25, 0.3) is 27.1 Å². The summed E-state index contributed by atoms with van der Waals surface area (Å²) < 4.78 is 112. The molecule has 3 N–H and O–H groups in total. The van der Waals surface area contributed by atoms with Crippen LogP contribution in [-0.4, -0.2) is 90.1 Å². The van der Waals surface area contributed by atoms with Crippen LogP contribution in [0.15, 0.2) is 116 Å². The van der Waals surface area contributed by atoms with E-state index >= 15 is 0 Å². The predicted octanol–water partition coefficient (Wildman–Crippen LogP) is 6.32. The first kappa shape index (κ1) is 51.2. The number of anilines is 1. The first-order valence-electron chi connectivity index (χ1n) is 21.6. The summed E-state index contributed by atoms with van der Waals surface area (Å²) in [7, 11) is -14.7. The minimum Gasteiger partial charge on any atom is -0.691 e. The Kier molecular flexibility index (Phi) is 13.3. The van der Waals surface area contributed by atoms with Crippen molar-refractivity contribution in [2.45, 2.75) is 84.8 Å². The lowest BCUT2D eigenvalue weighted by atomic mass is 9.79. The Morgan fingerprint density at radius 1 is 0.817 bits per heavy atom. The molecular formula is C47H44N4O16S4. The summed E-state index contributed by atoms with van der Waals surface area (Å²) in [5.74, 6) is -2.33. The van der Waals surface area contributed by atoms with Crippen molar-refractivity contribution >= 4 is 104 Å². The van der Waals surface area contributed by atoms with Gasteiger partial charge in [-0.2, -0.15) is 34.2 Å². The number of likely N-dealkylation sites (N-methyl/N-ethyl adjacent to an activating group) is 1. The number of imide groups is 1. The van der Waals surface area contributed by atoms with Gasteiger partial charge in [-0.15, -0.1) is 5.06 Å². The van der Waals surface area contributed by atoms with Gasteiger partial charge in [-0.1, -0.05) is 26.0 Å². The number of aromatic nitrogens is 1. The molecule has 0 bridgehead atoms. The number of benzene rings is 4. The minimum atomic E-state index is -4.99. The highest BCUT2D eigenvalue weighted by Gasteiger charge is 2.46. The average molecular weight is 1050 g/mol. The van der Waals surface area contributed by atoms with E-state index in [1.807, 2.05) is 63.2 Å². The van der Waals surface area contributed by atoms with Crippen molar-refractivity contribution in [1.82, 2.24) is 10.0 Å². The second kappa shape index (κ2) is 18.4. The molecule has 0 radical (unpaired) electrons. The lowest BCUT2D eigenvalue weighted by Gasteiger charge is -2.26. The third-order valence-electron chi connectivity index (χ3n) is 12.8. The molecule has 3 aliphatic rings. The van der Waals surface area contributed by atoms with Crippen molar-refractivity contribution in [2.75, 3.05) is 18.0 Å². The van der Waals surface area contributed by atoms with E-state index in [0.29, 0.717) is 86.5 Å². The number of fused-ring (bicyclic) bond motifs is 6. The number of carbonyl (C=O) groups is 3. The number of hydrogen-bond donors (Lipinski definition) is 3. The average Bonchev–Trinajstić information content (AvgIpc) is 3.83. The van der Waals surface area contributed by atoms with E-state index in [4.69, 9.17) is 4.84 Å². The molecule has 2 amide bonds. The number of amides is 2. The third kappa shape index (κ3) is 9.20. The molecule has 71 heavy (non-hydrogen) atoms. The van der Waals surface area contributed by atoms with Gasteiger partial charge in [0.05, 0.1) is 38.5 Å². The molecule has 1 saturated heterocycles. The fraction of sp³-hybridized carbons (Fsp3) is 0.255. The van der Waals surface area contributed by atoms with E-state index in [1.54, 1.807) is 30.4 Å². The van der Waals surface area contributed by atoms with Crippen LogP contribution in [0.3, 0.4) is 0 Å². The van der Waals surface area contributed by atoms with Crippen LogP contribution < -0.4 is 10.2 Å². The number of nitrogens with zero attached hydrogens (tertiary/aromatic N) is 4. The third-order valence-corrected chi connectivity index (χ3v) is 16.0. The highest BCUT2D eigenvalue weighted by atomic mass is 32.2. The zero-order chi connectivity index (χ0) is 51.7. The number of allylic oxidation sites excluding steroid dienone is 6. The van der Waals surface area contributed by atoms with Gasteiger partial charge in [0.1, 0.15) is 11.4 Å². The maximum absolute atomic E-state index is 13.1. The molecule has 8 rings (SSSR count). The monoisotopic (exact) mass is 1050 g/mol. The first-order valence-corrected chi connectivity index (χ1v) is 26.7. The van der Waals surface area contributed by atoms with Gasteiger partial charge in [-0.05, 0) is 110 Å². The van der Waals surface area contributed by atoms with E-state index in [1.165, 1.54) is 30.5 Å². The second-order valence-corrected chi connectivity index (χ2v) is 22.6. The van der Waals surface area contributed by atoms with Gasteiger partial charge >= 0.3 is 5.97 Å². The van der Waals surface area contributed by atoms with E-state index in [2.05, 4.69) is 14.4 Å². The van der Waals surface area contributed by atoms with E-state index < -0.39 is 73.7 Å². The van der Waals surface area contributed by atoms with Gasteiger partial charge in [0.2, 0.25) is 5.69 Å². The Bertz CT molecular complexity index is 3610. The summed E-state index contributed by atoms with van der Waals surface area (Å²) in [6.07, 6.45) is 8.18.